The van der Waals surface area contributed by atoms with E-state index in [9.17, 15) is 9.18 Å². The molecule has 0 spiro atoms. The summed E-state index contributed by atoms with van der Waals surface area (Å²) >= 11 is 3.21. The molecule has 0 aromatic heterocycles. The lowest BCUT2D eigenvalue weighted by molar-refractivity contribution is -0.118. The third-order valence-electron chi connectivity index (χ3n) is 3.88. The molecular formula is C15H18BrFN2O2. The smallest absolute Gasteiger partial charge is 0.154 e. The van der Waals surface area contributed by atoms with Crippen LogP contribution in [0.5, 0.6) is 0 Å². The van der Waals surface area contributed by atoms with Crippen LogP contribution >= 0.6 is 15.9 Å². The molecule has 0 radical (unpaired) electrons. The molecule has 0 unspecified atom stereocenters. The number of anilines is 2. The molecule has 21 heavy (non-hydrogen) atoms. The highest BCUT2D eigenvalue weighted by Crippen LogP contribution is 2.33. The van der Waals surface area contributed by atoms with E-state index in [1.54, 1.807) is 6.07 Å². The van der Waals surface area contributed by atoms with E-state index >= 15 is 0 Å². The summed E-state index contributed by atoms with van der Waals surface area (Å²) in [4.78, 5) is 13.9. The fraction of sp³-hybridized carbons (Fsp3) is 0.533. The van der Waals surface area contributed by atoms with Gasteiger partial charge in [0.05, 0.1) is 35.6 Å². The van der Waals surface area contributed by atoms with E-state index < -0.39 is 0 Å². The van der Waals surface area contributed by atoms with Crippen LogP contribution in [0.2, 0.25) is 0 Å². The summed E-state index contributed by atoms with van der Waals surface area (Å²) in [6.45, 7) is 3.04. The second-order valence-corrected chi connectivity index (χ2v) is 6.33. The molecule has 1 saturated carbocycles. The molecule has 0 bridgehead atoms. The molecule has 2 fully saturated rings. The normalized spacial score (nSPS) is 18.7. The number of carbonyl (C=O) groups is 1. The van der Waals surface area contributed by atoms with E-state index in [-0.39, 0.29) is 17.5 Å². The van der Waals surface area contributed by atoms with Crippen molar-refractivity contribution in [2.45, 2.75) is 12.8 Å². The van der Waals surface area contributed by atoms with Crippen molar-refractivity contribution in [1.82, 2.24) is 0 Å². The number of benzene rings is 1. The van der Waals surface area contributed by atoms with Crippen LogP contribution in [0.25, 0.3) is 0 Å². The number of Topliss-reactive ketones (excluding diaryl/α,β-unsaturated/α-hetero) is 1. The van der Waals surface area contributed by atoms with Gasteiger partial charge in [-0.1, -0.05) is 0 Å². The molecule has 0 atom stereocenters. The van der Waals surface area contributed by atoms with Gasteiger partial charge < -0.3 is 15.0 Å². The number of carbonyl (C=O) groups excluding carboxylic acids is 1. The first-order chi connectivity index (χ1) is 10.1. The van der Waals surface area contributed by atoms with E-state index in [2.05, 4.69) is 26.1 Å². The number of rotatable bonds is 5. The topological polar surface area (TPSA) is 41.6 Å². The highest BCUT2D eigenvalue weighted by molar-refractivity contribution is 9.10. The summed E-state index contributed by atoms with van der Waals surface area (Å²) in [5.74, 6) is 0.173. The van der Waals surface area contributed by atoms with Crippen molar-refractivity contribution in [2.75, 3.05) is 43.1 Å². The lowest BCUT2D eigenvalue weighted by Gasteiger charge is -2.31. The number of nitrogens with zero attached hydrogens (tertiary/aromatic N) is 1. The SMILES string of the molecule is O=C(CNc1cc(Br)c(F)cc1N1CCOCC1)C1CC1. The lowest BCUT2D eigenvalue weighted by Crippen LogP contribution is -2.36. The third kappa shape index (κ3) is 3.55. The Hall–Kier alpha value is -1.14. The average Bonchev–Trinajstić information content (AvgIpc) is 3.33. The number of hydrogen-bond donors (Lipinski definition) is 1. The molecule has 1 aliphatic heterocycles. The third-order valence-corrected chi connectivity index (χ3v) is 4.48. The van der Waals surface area contributed by atoms with E-state index in [4.69, 9.17) is 4.74 Å². The number of nitrogens with one attached hydrogen (secondary N) is 1. The van der Waals surface area contributed by atoms with Crippen molar-refractivity contribution in [2.24, 2.45) is 5.92 Å². The monoisotopic (exact) mass is 356 g/mol. The Morgan fingerprint density at radius 1 is 1.38 bits per heavy atom. The molecule has 1 saturated heterocycles. The second-order valence-electron chi connectivity index (χ2n) is 5.48. The predicted molar refractivity (Wildman–Crippen MR) is 83.4 cm³/mol. The minimum absolute atomic E-state index is 0.230. The molecule has 1 N–H and O–H groups in total. The highest BCUT2D eigenvalue weighted by atomic mass is 79.9. The first-order valence-corrected chi connectivity index (χ1v) is 8.03. The van der Waals surface area contributed by atoms with Gasteiger partial charge in [-0.2, -0.15) is 0 Å². The first-order valence-electron chi connectivity index (χ1n) is 7.23. The number of halogens is 2. The Bertz CT molecular complexity index is 543. The number of ether oxygens (including phenoxy) is 1. The number of morpholine rings is 1. The second kappa shape index (κ2) is 6.32. The van der Waals surface area contributed by atoms with Crippen LogP contribution in [0.3, 0.4) is 0 Å². The molecule has 1 aliphatic carbocycles. The molecule has 4 nitrogen and oxygen atoms in total. The molecule has 1 heterocycles. The molecule has 1 aromatic carbocycles. The van der Waals surface area contributed by atoms with Gasteiger partial charge >= 0.3 is 0 Å². The van der Waals surface area contributed by atoms with Crippen LogP contribution < -0.4 is 10.2 Å². The Labute approximate surface area is 131 Å². The van der Waals surface area contributed by atoms with Gasteiger partial charge in [-0.25, -0.2) is 4.39 Å². The maximum Gasteiger partial charge on any atom is 0.154 e. The van der Waals surface area contributed by atoms with Gasteiger partial charge in [-0.15, -0.1) is 0 Å². The fourth-order valence-electron chi connectivity index (χ4n) is 2.48. The quantitative estimate of drug-likeness (QED) is 0.880. The average molecular weight is 357 g/mol. The summed E-state index contributed by atoms with van der Waals surface area (Å²) in [7, 11) is 0. The van der Waals surface area contributed by atoms with E-state index in [1.807, 2.05) is 0 Å². The maximum atomic E-state index is 13.9. The standard InChI is InChI=1S/C15H18BrFN2O2/c16-11-7-13(18-9-15(20)10-1-2-10)14(8-12(11)17)19-3-5-21-6-4-19/h7-8,10,18H,1-6,9H2. The van der Waals surface area contributed by atoms with E-state index in [0.29, 0.717) is 24.2 Å². The minimum Gasteiger partial charge on any atom is -0.378 e. The van der Waals surface area contributed by atoms with Gasteiger partial charge in [-0.05, 0) is 34.8 Å². The summed E-state index contributed by atoms with van der Waals surface area (Å²) < 4.78 is 19.6. The number of hydrogen-bond acceptors (Lipinski definition) is 4. The van der Waals surface area contributed by atoms with Crippen LogP contribution in [0.1, 0.15) is 12.8 Å². The van der Waals surface area contributed by atoms with Gasteiger partial charge in [-0.3, -0.25) is 4.79 Å². The Morgan fingerprint density at radius 2 is 2.10 bits per heavy atom. The number of ketones is 1. The first kappa shape index (κ1) is 14.8. The van der Waals surface area contributed by atoms with Gasteiger partial charge in [0.1, 0.15) is 5.82 Å². The molecule has 1 aromatic rings. The fourth-order valence-corrected chi connectivity index (χ4v) is 2.82. The molecule has 3 rings (SSSR count). The summed E-state index contributed by atoms with van der Waals surface area (Å²) in [5.41, 5.74) is 1.58. The Kier molecular flexibility index (Phi) is 4.45. The van der Waals surface area contributed by atoms with Crippen LogP contribution in [0, 0.1) is 11.7 Å². The maximum absolute atomic E-state index is 13.9. The Morgan fingerprint density at radius 3 is 2.76 bits per heavy atom. The van der Waals surface area contributed by atoms with Gasteiger partial charge in [0.2, 0.25) is 0 Å². The molecule has 6 heteroatoms. The largest absolute Gasteiger partial charge is 0.378 e. The lowest BCUT2D eigenvalue weighted by atomic mass is 10.2. The van der Waals surface area contributed by atoms with E-state index in [0.717, 1.165) is 37.3 Å². The van der Waals surface area contributed by atoms with Crippen LogP contribution in [-0.4, -0.2) is 38.6 Å². The van der Waals surface area contributed by atoms with Crippen molar-refractivity contribution in [3.8, 4) is 0 Å². The molecule has 2 aliphatic rings. The Balaban J connectivity index is 1.78. The molecule has 114 valence electrons. The zero-order chi connectivity index (χ0) is 14.8. The minimum atomic E-state index is -0.296. The van der Waals surface area contributed by atoms with Crippen molar-refractivity contribution >= 4 is 33.1 Å². The van der Waals surface area contributed by atoms with E-state index in [1.165, 1.54) is 6.07 Å². The van der Waals surface area contributed by atoms with Crippen LogP contribution in [0.4, 0.5) is 15.8 Å². The van der Waals surface area contributed by atoms with Crippen molar-refractivity contribution < 1.29 is 13.9 Å². The van der Waals surface area contributed by atoms with Crippen molar-refractivity contribution in [3.63, 3.8) is 0 Å². The predicted octanol–water partition coefficient (Wildman–Crippen LogP) is 2.82. The summed E-state index contributed by atoms with van der Waals surface area (Å²) in [5, 5.41) is 3.17. The highest BCUT2D eigenvalue weighted by Gasteiger charge is 2.29. The van der Waals surface area contributed by atoms with Gasteiger partial charge in [0.25, 0.3) is 0 Å². The molecular weight excluding hydrogens is 339 g/mol. The van der Waals surface area contributed by atoms with Crippen molar-refractivity contribution in [3.05, 3.63) is 22.4 Å². The molecule has 0 amide bonds. The van der Waals surface area contributed by atoms with Gasteiger partial charge in [0, 0.05) is 25.1 Å². The van der Waals surface area contributed by atoms with Crippen molar-refractivity contribution in [1.29, 1.82) is 0 Å². The van der Waals surface area contributed by atoms with Gasteiger partial charge in [0.15, 0.2) is 5.78 Å². The van der Waals surface area contributed by atoms with Crippen LogP contribution in [0.15, 0.2) is 16.6 Å². The summed E-state index contributed by atoms with van der Waals surface area (Å²) in [6, 6.07) is 3.22. The summed E-state index contributed by atoms with van der Waals surface area (Å²) in [6.07, 6.45) is 2.01. The zero-order valence-corrected chi connectivity index (χ0v) is 13.3. The zero-order valence-electron chi connectivity index (χ0n) is 11.7. The van der Waals surface area contributed by atoms with Crippen LogP contribution in [-0.2, 0) is 9.53 Å².